The summed E-state index contributed by atoms with van der Waals surface area (Å²) in [5.41, 5.74) is 12.8. The van der Waals surface area contributed by atoms with Crippen LogP contribution >= 0.6 is 0 Å². The molecule has 10 heteroatoms. The quantitative estimate of drug-likeness (QED) is 0.362. The van der Waals surface area contributed by atoms with Crippen molar-refractivity contribution in [2.75, 3.05) is 5.73 Å². The lowest BCUT2D eigenvalue weighted by Gasteiger charge is -2.12. The highest BCUT2D eigenvalue weighted by molar-refractivity contribution is 5.98. The maximum absolute atomic E-state index is 13.1. The summed E-state index contributed by atoms with van der Waals surface area (Å²) in [4.78, 5) is 26.8. The van der Waals surface area contributed by atoms with E-state index in [2.05, 4.69) is 30.6 Å². The van der Waals surface area contributed by atoms with Crippen molar-refractivity contribution in [3.63, 3.8) is 0 Å². The van der Waals surface area contributed by atoms with Gasteiger partial charge in [0.15, 0.2) is 11.5 Å². The third-order valence-corrected chi connectivity index (χ3v) is 6.28. The molecule has 174 valence electrons. The van der Waals surface area contributed by atoms with E-state index in [4.69, 9.17) is 10.7 Å². The number of amides is 1. The van der Waals surface area contributed by atoms with Crippen molar-refractivity contribution in [3.8, 4) is 22.6 Å². The normalized spacial score (nSPS) is 12.7. The number of aromatic nitrogens is 7. The van der Waals surface area contributed by atoms with E-state index < -0.39 is 5.91 Å². The van der Waals surface area contributed by atoms with E-state index in [-0.39, 0.29) is 11.5 Å². The first kappa shape index (κ1) is 21.0. The maximum Gasteiger partial charge on any atom is 0.274 e. The molecule has 0 spiro atoms. The smallest absolute Gasteiger partial charge is 0.274 e. The average molecular weight is 466 g/mol. The summed E-state index contributed by atoms with van der Waals surface area (Å²) in [6, 6.07) is 11.5. The van der Waals surface area contributed by atoms with Gasteiger partial charge in [0.1, 0.15) is 11.4 Å². The second-order valence-electron chi connectivity index (χ2n) is 8.60. The zero-order valence-corrected chi connectivity index (χ0v) is 19.1. The lowest BCUT2D eigenvalue weighted by molar-refractivity contribution is 0.0946. The summed E-state index contributed by atoms with van der Waals surface area (Å²) in [6.07, 6.45) is 6.64. The Balaban J connectivity index is 1.40. The number of aryl methyl sites for hydroxylation is 2. The van der Waals surface area contributed by atoms with Crippen LogP contribution in [0.1, 0.15) is 33.9 Å². The Morgan fingerprint density at radius 3 is 2.94 bits per heavy atom. The van der Waals surface area contributed by atoms with Gasteiger partial charge >= 0.3 is 0 Å². The number of anilines is 1. The van der Waals surface area contributed by atoms with Gasteiger partial charge in [-0.05, 0) is 49.1 Å². The number of H-pyrrole nitrogens is 1. The van der Waals surface area contributed by atoms with Gasteiger partial charge in [-0.3, -0.25) is 19.6 Å². The van der Waals surface area contributed by atoms with Gasteiger partial charge in [0.05, 0.1) is 23.4 Å². The zero-order chi connectivity index (χ0) is 23.9. The Hall–Kier alpha value is -4.60. The standard InChI is InChI=1S/C25H23N9O/c1-34-11-9-19(33-34)22-21(15-7-8-17-14(12-15)4-3-10-27-17)29-23(24(26)30-22)25(35)28-13-20-16-5-2-6-18(16)31-32-20/h3-4,7-12H,2,5-6,13H2,1H3,(H2,26,30)(H,28,35)(H,31,32). The zero-order valence-electron chi connectivity index (χ0n) is 19.1. The van der Waals surface area contributed by atoms with Crippen LogP contribution in [0.25, 0.3) is 33.5 Å². The molecule has 10 nitrogen and oxygen atoms in total. The van der Waals surface area contributed by atoms with E-state index in [1.807, 2.05) is 49.6 Å². The molecule has 1 aromatic carbocycles. The molecule has 0 unspecified atom stereocenters. The van der Waals surface area contributed by atoms with E-state index in [0.717, 1.165) is 47.1 Å². The molecule has 1 aliphatic carbocycles. The number of nitrogens with two attached hydrogens (primary N) is 1. The minimum Gasteiger partial charge on any atom is -0.382 e. The first-order chi connectivity index (χ1) is 17.1. The molecule has 35 heavy (non-hydrogen) atoms. The first-order valence-corrected chi connectivity index (χ1v) is 11.4. The van der Waals surface area contributed by atoms with Crippen molar-refractivity contribution in [2.24, 2.45) is 7.05 Å². The number of nitrogens with one attached hydrogen (secondary N) is 2. The molecule has 0 atom stereocenters. The minimum atomic E-state index is -0.402. The summed E-state index contributed by atoms with van der Waals surface area (Å²) >= 11 is 0. The maximum atomic E-state index is 13.1. The number of carbonyl (C=O) groups is 1. The van der Waals surface area contributed by atoms with E-state index in [0.29, 0.717) is 23.6 Å². The van der Waals surface area contributed by atoms with Gasteiger partial charge in [-0.25, -0.2) is 9.97 Å². The molecular weight excluding hydrogens is 442 g/mol. The van der Waals surface area contributed by atoms with Crippen molar-refractivity contribution in [1.29, 1.82) is 0 Å². The van der Waals surface area contributed by atoms with Crippen LogP contribution in [0.4, 0.5) is 5.82 Å². The molecule has 0 saturated heterocycles. The van der Waals surface area contributed by atoms with Crippen molar-refractivity contribution in [3.05, 3.63) is 71.4 Å². The SMILES string of the molecule is Cn1ccc(-c2nc(N)c(C(=O)NCc3n[nH]c4c3CCC4)nc2-c2ccc3ncccc3c2)n1. The van der Waals surface area contributed by atoms with Crippen molar-refractivity contribution in [1.82, 2.24) is 40.2 Å². The monoisotopic (exact) mass is 465 g/mol. The highest BCUT2D eigenvalue weighted by Gasteiger charge is 2.23. The van der Waals surface area contributed by atoms with Crippen LogP contribution in [0, 0.1) is 0 Å². The van der Waals surface area contributed by atoms with Gasteiger partial charge in [-0.2, -0.15) is 10.2 Å². The Morgan fingerprint density at radius 2 is 2.09 bits per heavy atom. The molecule has 0 radical (unpaired) electrons. The largest absolute Gasteiger partial charge is 0.382 e. The lowest BCUT2D eigenvalue weighted by Crippen LogP contribution is -2.26. The van der Waals surface area contributed by atoms with Crippen molar-refractivity contribution >= 4 is 22.6 Å². The number of nitrogen functional groups attached to an aromatic ring is 1. The second kappa shape index (κ2) is 8.32. The average Bonchev–Trinajstić information content (AvgIpc) is 3.60. The van der Waals surface area contributed by atoms with Gasteiger partial charge in [0, 0.05) is 36.1 Å². The summed E-state index contributed by atoms with van der Waals surface area (Å²) in [7, 11) is 1.83. The molecule has 4 N–H and O–H groups in total. The topological polar surface area (TPSA) is 140 Å². The summed E-state index contributed by atoms with van der Waals surface area (Å²) in [5.74, 6) is -0.359. The van der Waals surface area contributed by atoms with Gasteiger partial charge in [-0.1, -0.05) is 12.1 Å². The van der Waals surface area contributed by atoms with E-state index in [1.54, 1.807) is 10.9 Å². The molecule has 4 aromatic heterocycles. The third kappa shape index (κ3) is 3.78. The van der Waals surface area contributed by atoms with Gasteiger partial charge in [-0.15, -0.1) is 0 Å². The van der Waals surface area contributed by atoms with Crippen LogP contribution in [-0.4, -0.2) is 40.8 Å². The van der Waals surface area contributed by atoms with Crippen LogP contribution in [0.15, 0.2) is 48.8 Å². The number of hydrogen-bond acceptors (Lipinski definition) is 7. The van der Waals surface area contributed by atoms with Crippen LogP contribution in [-0.2, 0) is 26.4 Å². The van der Waals surface area contributed by atoms with Crippen LogP contribution in [0.2, 0.25) is 0 Å². The van der Waals surface area contributed by atoms with Gasteiger partial charge < -0.3 is 11.1 Å². The minimum absolute atomic E-state index is 0.0432. The number of rotatable bonds is 5. The van der Waals surface area contributed by atoms with Gasteiger partial charge in [0.25, 0.3) is 5.91 Å². The fourth-order valence-electron chi connectivity index (χ4n) is 4.54. The fourth-order valence-corrected chi connectivity index (χ4v) is 4.54. The molecule has 5 aromatic rings. The van der Waals surface area contributed by atoms with Crippen molar-refractivity contribution < 1.29 is 4.79 Å². The molecule has 1 amide bonds. The molecule has 4 heterocycles. The Kier molecular flexibility index (Phi) is 4.98. The third-order valence-electron chi connectivity index (χ3n) is 6.28. The fraction of sp³-hybridized carbons (Fsp3) is 0.200. The number of fused-ring (bicyclic) bond motifs is 2. The van der Waals surface area contributed by atoms with Crippen LogP contribution in [0.3, 0.4) is 0 Å². The van der Waals surface area contributed by atoms with Crippen LogP contribution in [0.5, 0.6) is 0 Å². The van der Waals surface area contributed by atoms with Gasteiger partial charge in [0.2, 0.25) is 0 Å². The molecule has 1 aliphatic rings. The number of pyridine rings is 1. The van der Waals surface area contributed by atoms with E-state index in [1.165, 1.54) is 5.56 Å². The Morgan fingerprint density at radius 1 is 1.17 bits per heavy atom. The number of hydrogen-bond donors (Lipinski definition) is 3. The highest BCUT2D eigenvalue weighted by Crippen LogP contribution is 2.31. The first-order valence-electron chi connectivity index (χ1n) is 11.4. The highest BCUT2D eigenvalue weighted by atomic mass is 16.1. The Bertz CT molecular complexity index is 1580. The number of benzene rings is 1. The van der Waals surface area contributed by atoms with Crippen molar-refractivity contribution in [2.45, 2.75) is 25.8 Å². The second-order valence-corrected chi connectivity index (χ2v) is 8.60. The number of nitrogens with zero attached hydrogens (tertiary/aromatic N) is 6. The predicted molar refractivity (Wildman–Crippen MR) is 131 cm³/mol. The number of carbonyl (C=O) groups excluding carboxylic acids is 1. The lowest BCUT2D eigenvalue weighted by atomic mass is 10.0. The Labute approximate surface area is 200 Å². The summed E-state index contributed by atoms with van der Waals surface area (Å²) in [5, 5.41) is 15.8. The summed E-state index contributed by atoms with van der Waals surface area (Å²) in [6.45, 7) is 0.296. The molecular formula is C25H23N9O. The van der Waals surface area contributed by atoms with Crippen LogP contribution < -0.4 is 11.1 Å². The molecule has 0 bridgehead atoms. The molecule has 0 fully saturated rings. The van der Waals surface area contributed by atoms with E-state index in [9.17, 15) is 4.79 Å². The van der Waals surface area contributed by atoms with E-state index >= 15 is 0 Å². The molecule has 0 saturated carbocycles. The number of aromatic amines is 1. The predicted octanol–water partition coefficient (Wildman–Crippen LogP) is 2.82. The molecule has 6 rings (SSSR count). The molecule has 0 aliphatic heterocycles. The summed E-state index contributed by atoms with van der Waals surface area (Å²) < 4.78 is 1.68.